The smallest absolute Gasteiger partial charge is 0.222 e. The first-order chi connectivity index (χ1) is 5.61. The van der Waals surface area contributed by atoms with Crippen molar-refractivity contribution >= 4 is 28.9 Å². The van der Waals surface area contributed by atoms with Gasteiger partial charge in [-0.05, 0) is 6.42 Å². The van der Waals surface area contributed by atoms with Crippen LogP contribution in [0, 0.1) is 5.92 Å². The molecule has 0 aromatic rings. The normalized spacial score (nSPS) is 13.1. The van der Waals surface area contributed by atoms with E-state index in [-0.39, 0.29) is 17.9 Å². The Labute approximate surface area is 87.9 Å². The van der Waals surface area contributed by atoms with Crippen molar-refractivity contribution in [3.63, 3.8) is 0 Å². The molecular formula is C8H16INO2. The Hall–Kier alpha value is 0.160. The number of hydrogen-bond acceptors (Lipinski definition) is 2. The standard InChI is InChI=1S/C8H16INO2/c1-4-7(12-9)5-10-8(11)6(2)3/h6-7H,4-5H2,1-3H3,(H,10,11). The zero-order chi connectivity index (χ0) is 9.56. The highest BCUT2D eigenvalue weighted by Gasteiger charge is 2.09. The quantitative estimate of drug-likeness (QED) is 0.784. The molecule has 0 aliphatic heterocycles. The average Bonchev–Trinajstić information content (AvgIpc) is 2.05. The van der Waals surface area contributed by atoms with Crippen LogP contribution in [0.15, 0.2) is 0 Å². The van der Waals surface area contributed by atoms with Crippen LogP contribution in [0.25, 0.3) is 0 Å². The maximum Gasteiger partial charge on any atom is 0.222 e. The van der Waals surface area contributed by atoms with Gasteiger partial charge in [0, 0.05) is 12.5 Å². The summed E-state index contributed by atoms with van der Waals surface area (Å²) in [6.07, 6.45) is 1.05. The van der Waals surface area contributed by atoms with Crippen LogP contribution in [-0.2, 0) is 7.86 Å². The first-order valence-electron chi connectivity index (χ1n) is 4.16. The number of carbonyl (C=O) groups is 1. The predicted octanol–water partition coefficient (Wildman–Crippen LogP) is 1.90. The lowest BCUT2D eigenvalue weighted by Crippen LogP contribution is -2.34. The molecule has 12 heavy (non-hydrogen) atoms. The highest BCUT2D eigenvalue weighted by molar-refractivity contribution is 14.1. The van der Waals surface area contributed by atoms with E-state index in [2.05, 4.69) is 5.32 Å². The minimum atomic E-state index is 0.0525. The van der Waals surface area contributed by atoms with Crippen LogP contribution in [0.4, 0.5) is 0 Å². The van der Waals surface area contributed by atoms with Gasteiger partial charge < -0.3 is 8.38 Å². The van der Waals surface area contributed by atoms with E-state index < -0.39 is 0 Å². The lowest BCUT2D eigenvalue weighted by molar-refractivity contribution is -0.124. The van der Waals surface area contributed by atoms with E-state index in [1.54, 1.807) is 0 Å². The molecule has 0 heterocycles. The molecular weight excluding hydrogens is 269 g/mol. The first kappa shape index (κ1) is 12.2. The molecule has 0 rings (SSSR count). The van der Waals surface area contributed by atoms with Crippen LogP contribution in [0.3, 0.4) is 0 Å². The monoisotopic (exact) mass is 285 g/mol. The van der Waals surface area contributed by atoms with Gasteiger partial charge in [-0.3, -0.25) is 4.79 Å². The van der Waals surface area contributed by atoms with Crippen molar-refractivity contribution in [2.24, 2.45) is 5.92 Å². The van der Waals surface area contributed by atoms with Crippen LogP contribution >= 0.6 is 23.0 Å². The van der Waals surface area contributed by atoms with Gasteiger partial charge in [-0.1, -0.05) is 20.8 Å². The van der Waals surface area contributed by atoms with E-state index in [1.165, 1.54) is 0 Å². The van der Waals surface area contributed by atoms with Gasteiger partial charge in [0.25, 0.3) is 0 Å². The molecule has 1 unspecified atom stereocenters. The van der Waals surface area contributed by atoms with Gasteiger partial charge in [-0.25, -0.2) is 0 Å². The van der Waals surface area contributed by atoms with Gasteiger partial charge in [-0.15, -0.1) is 0 Å². The Bertz CT molecular complexity index is 135. The summed E-state index contributed by atoms with van der Waals surface area (Å²) in [7, 11) is 0. The van der Waals surface area contributed by atoms with E-state index in [1.807, 2.05) is 43.8 Å². The summed E-state index contributed by atoms with van der Waals surface area (Å²) in [5.74, 6) is 0.138. The van der Waals surface area contributed by atoms with Crippen molar-refractivity contribution in [1.82, 2.24) is 5.32 Å². The number of amides is 1. The minimum absolute atomic E-state index is 0.0525. The fraction of sp³-hybridized carbons (Fsp3) is 0.875. The number of halogens is 1. The maximum absolute atomic E-state index is 11.1. The number of carbonyl (C=O) groups excluding carboxylic acids is 1. The molecule has 4 heteroatoms. The molecule has 0 aromatic heterocycles. The number of hydrogen-bond donors (Lipinski definition) is 1. The second-order valence-electron chi connectivity index (χ2n) is 3.02. The minimum Gasteiger partial charge on any atom is -0.353 e. The van der Waals surface area contributed by atoms with Gasteiger partial charge in [0.05, 0.1) is 6.10 Å². The Kier molecular flexibility index (Phi) is 6.74. The van der Waals surface area contributed by atoms with Crippen molar-refractivity contribution < 1.29 is 7.86 Å². The average molecular weight is 285 g/mol. The fourth-order valence-corrected chi connectivity index (χ4v) is 1.20. The van der Waals surface area contributed by atoms with Crippen LogP contribution in [0.2, 0.25) is 0 Å². The third-order valence-corrected chi connectivity index (χ3v) is 2.33. The zero-order valence-corrected chi connectivity index (χ0v) is 9.92. The van der Waals surface area contributed by atoms with E-state index >= 15 is 0 Å². The van der Waals surface area contributed by atoms with Crippen LogP contribution in [0.1, 0.15) is 27.2 Å². The molecule has 0 radical (unpaired) electrons. The summed E-state index contributed by atoms with van der Waals surface area (Å²) in [6, 6.07) is 0. The molecule has 0 fully saturated rings. The predicted molar refractivity (Wildman–Crippen MR) is 57.0 cm³/mol. The summed E-state index contributed by atoms with van der Waals surface area (Å²) in [5.41, 5.74) is 0. The Morgan fingerprint density at radius 3 is 2.50 bits per heavy atom. The zero-order valence-electron chi connectivity index (χ0n) is 7.76. The molecule has 0 aromatic carbocycles. The Balaban J connectivity index is 3.59. The maximum atomic E-state index is 11.1. The van der Waals surface area contributed by atoms with Crippen molar-refractivity contribution in [2.45, 2.75) is 33.3 Å². The molecule has 0 saturated heterocycles. The van der Waals surface area contributed by atoms with Crippen LogP contribution in [0.5, 0.6) is 0 Å². The molecule has 0 bridgehead atoms. The molecule has 0 aliphatic rings. The van der Waals surface area contributed by atoms with Crippen molar-refractivity contribution in [1.29, 1.82) is 0 Å². The van der Waals surface area contributed by atoms with Gasteiger partial charge in [-0.2, -0.15) is 0 Å². The lowest BCUT2D eigenvalue weighted by Gasteiger charge is -2.13. The third-order valence-electron chi connectivity index (χ3n) is 1.61. The second-order valence-corrected chi connectivity index (χ2v) is 3.53. The van der Waals surface area contributed by atoms with Crippen molar-refractivity contribution in [2.75, 3.05) is 6.54 Å². The largest absolute Gasteiger partial charge is 0.353 e. The van der Waals surface area contributed by atoms with Gasteiger partial charge in [0.2, 0.25) is 5.91 Å². The highest BCUT2D eigenvalue weighted by atomic mass is 127. The SMILES string of the molecule is CCC(CNC(=O)C(C)C)OI. The number of rotatable bonds is 5. The third kappa shape index (κ3) is 4.92. The summed E-state index contributed by atoms with van der Waals surface area (Å²) in [6.45, 7) is 6.39. The molecule has 0 spiro atoms. The van der Waals surface area contributed by atoms with Crippen LogP contribution in [-0.4, -0.2) is 18.6 Å². The molecule has 1 amide bonds. The van der Waals surface area contributed by atoms with E-state index in [0.717, 1.165) is 6.42 Å². The molecule has 0 aliphatic carbocycles. The Morgan fingerprint density at radius 2 is 2.17 bits per heavy atom. The van der Waals surface area contributed by atoms with Crippen molar-refractivity contribution in [3.05, 3.63) is 0 Å². The molecule has 1 atom stereocenters. The Morgan fingerprint density at radius 1 is 1.58 bits per heavy atom. The van der Waals surface area contributed by atoms with Gasteiger partial charge >= 0.3 is 0 Å². The van der Waals surface area contributed by atoms with Crippen LogP contribution < -0.4 is 5.32 Å². The topological polar surface area (TPSA) is 38.3 Å². The van der Waals surface area contributed by atoms with Crippen molar-refractivity contribution in [3.8, 4) is 0 Å². The van der Waals surface area contributed by atoms with E-state index in [9.17, 15) is 4.79 Å². The lowest BCUT2D eigenvalue weighted by atomic mass is 10.2. The van der Waals surface area contributed by atoms with E-state index in [4.69, 9.17) is 3.07 Å². The van der Waals surface area contributed by atoms with Gasteiger partial charge in [0.1, 0.15) is 23.0 Å². The summed E-state index contributed by atoms with van der Waals surface area (Å²) >= 11 is 1.86. The molecule has 72 valence electrons. The summed E-state index contributed by atoms with van der Waals surface area (Å²) in [4.78, 5) is 11.1. The molecule has 3 nitrogen and oxygen atoms in total. The first-order valence-corrected chi connectivity index (χ1v) is 5.05. The van der Waals surface area contributed by atoms with Gasteiger partial charge in [0.15, 0.2) is 0 Å². The number of nitrogens with one attached hydrogen (secondary N) is 1. The highest BCUT2D eigenvalue weighted by Crippen LogP contribution is 2.01. The summed E-state index contributed by atoms with van der Waals surface area (Å²) in [5, 5.41) is 2.82. The fourth-order valence-electron chi connectivity index (χ4n) is 0.657. The molecule has 1 N–H and O–H groups in total. The van der Waals surface area contributed by atoms with E-state index in [0.29, 0.717) is 6.54 Å². The second kappa shape index (κ2) is 6.65. The molecule has 0 saturated carbocycles. The summed E-state index contributed by atoms with van der Waals surface area (Å²) < 4.78 is 5.08.